The average Bonchev–Trinajstić information content (AvgIpc) is 3.49. The van der Waals surface area contributed by atoms with E-state index in [9.17, 15) is 9.59 Å². The Morgan fingerprint density at radius 3 is 2.52 bits per heavy atom. The molecule has 0 aliphatic carbocycles. The first-order chi connectivity index (χ1) is 16.0. The summed E-state index contributed by atoms with van der Waals surface area (Å²) in [4.78, 5) is 30.4. The van der Waals surface area contributed by atoms with Crippen molar-refractivity contribution in [1.29, 1.82) is 0 Å². The molecule has 2 aliphatic rings. The molecule has 2 aromatic heterocycles. The molecule has 0 bridgehead atoms. The molecule has 0 spiro atoms. The summed E-state index contributed by atoms with van der Waals surface area (Å²) in [5, 5.41) is 9.60. The molecule has 33 heavy (non-hydrogen) atoms. The highest BCUT2D eigenvalue weighted by molar-refractivity contribution is 7.99. The lowest BCUT2D eigenvalue weighted by atomic mass is 10.00. The molecule has 2 fully saturated rings. The number of piperazine rings is 1. The average molecular weight is 477 g/mol. The Hall–Kier alpha value is -2.69. The van der Waals surface area contributed by atoms with Gasteiger partial charge in [0.15, 0.2) is 5.16 Å². The number of rotatable bonds is 7. The van der Waals surface area contributed by atoms with Crippen LogP contribution < -0.4 is 4.90 Å². The maximum absolute atomic E-state index is 12.8. The van der Waals surface area contributed by atoms with Gasteiger partial charge >= 0.3 is 6.09 Å². The highest BCUT2D eigenvalue weighted by Gasteiger charge is 2.27. The molecule has 10 nitrogen and oxygen atoms in total. The van der Waals surface area contributed by atoms with Crippen LogP contribution in [-0.4, -0.2) is 88.2 Å². The lowest BCUT2D eigenvalue weighted by Gasteiger charge is -2.34. The zero-order valence-corrected chi connectivity index (χ0v) is 20.1. The van der Waals surface area contributed by atoms with Gasteiger partial charge in [-0.05, 0) is 37.8 Å². The number of furan rings is 1. The largest absolute Gasteiger partial charge is 0.467 e. The molecule has 0 atom stereocenters. The normalized spacial score (nSPS) is 17.5. The smallest absolute Gasteiger partial charge is 0.409 e. The minimum Gasteiger partial charge on any atom is -0.467 e. The van der Waals surface area contributed by atoms with Gasteiger partial charge in [0.05, 0.1) is 25.2 Å². The summed E-state index contributed by atoms with van der Waals surface area (Å²) in [7, 11) is 0. The second kappa shape index (κ2) is 11.0. The van der Waals surface area contributed by atoms with Crippen molar-refractivity contribution < 1.29 is 18.7 Å². The van der Waals surface area contributed by atoms with E-state index in [4.69, 9.17) is 9.15 Å². The Kier molecular flexibility index (Phi) is 7.79. The SMILES string of the molecule is CCOC(=O)N1CCN(C(=O)CSc2nnc(N3CCC(C)CC3)n2Cc2ccco2)CC1. The second-order valence-corrected chi connectivity index (χ2v) is 9.42. The Morgan fingerprint density at radius 2 is 1.85 bits per heavy atom. The Labute approximate surface area is 198 Å². The summed E-state index contributed by atoms with van der Waals surface area (Å²) >= 11 is 1.40. The van der Waals surface area contributed by atoms with E-state index in [-0.39, 0.29) is 17.8 Å². The predicted octanol–water partition coefficient (Wildman–Crippen LogP) is 2.55. The highest BCUT2D eigenvalue weighted by Crippen LogP contribution is 2.27. The van der Waals surface area contributed by atoms with Gasteiger partial charge in [0, 0.05) is 39.3 Å². The number of anilines is 1. The molecule has 180 valence electrons. The zero-order valence-electron chi connectivity index (χ0n) is 19.3. The van der Waals surface area contributed by atoms with Crippen LogP contribution in [0.2, 0.25) is 0 Å². The fourth-order valence-electron chi connectivity index (χ4n) is 4.10. The van der Waals surface area contributed by atoms with Crippen molar-refractivity contribution in [2.75, 3.05) is 56.5 Å². The molecular formula is C22H32N6O4S. The van der Waals surface area contributed by atoms with Gasteiger partial charge in [-0.3, -0.25) is 9.36 Å². The quantitative estimate of drug-likeness (QED) is 0.563. The highest BCUT2D eigenvalue weighted by atomic mass is 32.2. The molecule has 2 amide bonds. The van der Waals surface area contributed by atoms with Crippen LogP contribution in [0.3, 0.4) is 0 Å². The Bertz CT molecular complexity index is 917. The number of amides is 2. The predicted molar refractivity (Wildman–Crippen MR) is 124 cm³/mol. The van der Waals surface area contributed by atoms with E-state index in [1.807, 2.05) is 16.7 Å². The number of carbonyl (C=O) groups excluding carboxylic acids is 2. The molecular weight excluding hydrogens is 444 g/mol. The number of ether oxygens (including phenoxy) is 1. The van der Waals surface area contributed by atoms with Gasteiger partial charge < -0.3 is 23.9 Å². The molecule has 4 heterocycles. The van der Waals surface area contributed by atoms with Crippen LogP contribution in [0.1, 0.15) is 32.4 Å². The Morgan fingerprint density at radius 1 is 1.12 bits per heavy atom. The first kappa shape index (κ1) is 23.5. The summed E-state index contributed by atoms with van der Waals surface area (Å²) in [5.41, 5.74) is 0. The topological polar surface area (TPSA) is 96.9 Å². The first-order valence-corrected chi connectivity index (χ1v) is 12.6. The van der Waals surface area contributed by atoms with Gasteiger partial charge in [0.25, 0.3) is 0 Å². The fourth-order valence-corrected chi connectivity index (χ4v) is 4.93. The maximum Gasteiger partial charge on any atom is 0.409 e. The molecule has 4 rings (SSSR count). The molecule has 2 saturated heterocycles. The lowest BCUT2D eigenvalue weighted by molar-refractivity contribution is -0.129. The van der Waals surface area contributed by atoms with Gasteiger partial charge in [0.2, 0.25) is 11.9 Å². The molecule has 0 saturated carbocycles. The minimum atomic E-state index is -0.315. The van der Waals surface area contributed by atoms with Crippen molar-refractivity contribution in [1.82, 2.24) is 24.6 Å². The summed E-state index contributed by atoms with van der Waals surface area (Å²) in [6.45, 7) is 8.84. The van der Waals surface area contributed by atoms with Crippen LogP contribution in [0.15, 0.2) is 28.0 Å². The molecule has 2 aromatic rings. The molecule has 0 N–H and O–H groups in total. The zero-order chi connectivity index (χ0) is 23.2. The number of carbonyl (C=O) groups is 2. The molecule has 0 unspecified atom stereocenters. The van der Waals surface area contributed by atoms with Crippen molar-refractivity contribution in [2.24, 2.45) is 5.92 Å². The van der Waals surface area contributed by atoms with Gasteiger partial charge in [-0.1, -0.05) is 18.7 Å². The van der Waals surface area contributed by atoms with Crippen molar-refractivity contribution in [2.45, 2.75) is 38.4 Å². The first-order valence-electron chi connectivity index (χ1n) is 11.6. The Balaban J connectivity index is 1.38. The van der Waals surface area contributed by atoms with Crippen LogP contribution in [0.5, 0.6) is 0 Å². The van der Waals surface area contributed by atoms with E-state index < -0.39 is 0 Å². The van der Waals surface area contributed by atoms with Crippen molar-refractivity contribution in [3.05, 3.63) is 24.2 Å². The number of nitrogens with zero attached hydrogens (tertiary/aromatic N) is 6. The second-order valence-electron chi connectivity index (χ2n) is 8.47. The number of hydrogen-bond acceptors (Lipinski definition) is 8. The van der Waals surface area contributed by atoms with E-state index in [0.29, 0.717) is 44.5 Å². The van der Waals surface area contributed by atoms with Crippen LogP contribution >= 0.6 is 11.8 Å². The number of piperidine rings is 1. The van der Waals surface area contributed by atoms with Gasteiger partial charge in [0.1, 0.15) is 5.76 Å². The van der Waals surface area contributed by atoms with Gasteiger partial charge in [-0.2, -0.15) is 0 Å². The van der Waals surface area contributed by atoms with Crippen molar-refractivity contribution in [3.8, 4) is 0 Å². The number of hydrogen-bond donors (Lipinski definition) is 0. The molecule has 0 aromatic carbocycles. The van der Waals surface area contributed by atoms with Crippen molar-refractivity contribution in [3.63, 3.8) is 0 Å². The summed E-state index contributed by atoms with van der Waals surface area (Å²) in [6.07, 6.45) is 3.61. The van der Waals surface area contributed by atoms with Gasteiger partial charge in [-0.15, -0.1) is 10.2 Å². The molecule has 2 aliphatic heterocycles. The van der Waals surface area contributed by atoms with Crippen LogP contribution in [0, 0.1) is 5.92 Å². The summed E-state index contributed by atoms with van der Waals surface area (Å²) in [6, 6.07) is 3.80. The lowest BCUT2D eigenvalue weighted by Crippen LogP contribution is -2.51. The van der Waals surface area contributed by atoms with E-state index in [0.717, 1.165) is 43.6 Å². The third-order valence-corrected chi connectivity index (χ3v) is 7.09. The van der Waals surface area contributed by atoms with E-state index in [2.05, 4.69) is 22.0 Å². The molecule has 11 heteroatoms. The third-order valence-electron chi connectivity index (χ3n) is 6.14. The van der Waals surface area contributed by atoms with Crippen LogP contribution in [0.25, 0.3) is 0 Å². The minimum absolute atomic E-state index is 0.0319. The van der Waals surface area contributed by atoms with Gasteiger partial charge in [-0.25, -0.2) is 4.79 Å². The van der Waals surface area contributed by atoms with Crippen LogP contribution in [-0.2, 0) is 16.1 Å². The standard InChI is InChI=1S/C22H32N6O4S/c1-3-31-22(30)27-12-10-25(11-13-27)19(29)16-33-21-24-23-20(26-8-6-17(2)7-9-26)28(21)15-18-5-4-14-32-18/h4-5,14,17H,3,6-13,15-16H2,1-2H3. The number of thioether (sulfide) groups is 1. The maximum atomic E-state index is 12.8. The summed E-state index contributed by atoms with van der Waals surface area (Å²) < 4.78 is 12.7. The van der Waals surface area contributed by atoms with E-state index in [1.54, 1.807) is 23.0 Å². The third kappa shape index (κ3) is 5.82. The van der Waals surface area contributed by atoms with E-state index >= 15 is 0 Å². The monoisotopic (exact) mass is 476 g/mol. The number of aromatic nitrogens is 3. The van der Waals surface area contributed by atoms with Crippen molar-refractivity contribution >= 4 is 29.7 Å². The molecule has 0 radical (unpaired) electrons. The summed E-state index contributed by atoms with van der Waals surface area (Å²) in [5.74, 6) is 2.68. The van der Waals surface area contributed by atoms with E-state index in [1.165, 1.54) is 11.8 Å². The van der Waals surface area contributed by atoms with Crippen LogP contribution in [0.4, 0.5) is 10.7 Å². The fraction of sp³-hybridized carbons (Fsp3) is 0.636.